The van der Waals surface area contributed by atoms with E-state index in [2.05, 4.69) is 22.6 Å². The number of nitrogens with zero attached hydrogens (tertiary/aromatic N) is 1. The molecule has 0 aliphatic rings. The Balaban J connectivity index is 2.87. The zero-order valence-corrected chi connectivity index (χ0v) is 16.6. The van der Waals surface area contributed by atoms with E-state index in [1.807, 2.05) is 13.8 Å². The first-order valence-corrected chi connectivity index (χ1v) is 10.8. The fourth-order valence-corrected chi connectivity index (χ4v) is 4.00. The molecule has 23 heavy (non-hydrogen) atoms. The van der Waals surface area contributed by atoms with E-state index >= 15 is 0 Å². The molecule has 0 aromatic heterocycles. The van der Waals surface area contributed by atoms with E-state index in [1.54, 1.807) is 0 Å². The third-order valence-electron chi connectivity index (χ3n) is 3.18. The Hall–Kier alpha value is -0.670. The minimum atomic E-state index is -3.51. The van der Waals surface area contributed by atoms with Crippen LogP contribution in [0.3, 0.4) is 0 Å². The smallest absolute Gasteiger partial charge is 0.338 e. The Kier molecular flexibility index (Phi) is 9.08. The summed E-state index contributed by atoms with van der Waals surface area (Å²) in [5.74, 6) is -0.419. The van der Waals surface area contributed by atoms with Gasteiger partial charge in [-0.15, -0.1) is 0 Å². The molecule has 7 heteroatoms. The molecule has 0 unspecified atom stereocenters. The number of benzene rings is 1. The minimum absolute atomic E-state index is 0.211. The molecule has 0 atom stereocenters. The first-order valence-electron chi connectivity index (χ1n) is 7.80. The van der Waals surface area contributed by atoms with Crippen molar-refractivity contribution in [1.82, 2.24) is 4.31 Å². The molecule has 0 saturated heterocycles. The normalized spacial score (nSPS) is 11.7. The number of carbonyl (C=O) groups excluding carboxylic acids is 1. The third kappa shape index (κ3) is 6.04. The molecular weight excluding hydrogens is 429 g/mol. The summed E-state index contributed by atoms with van der Waals surface area (Å²) in [7, 11) is -3.51. The largest absolute Gasteiger partial charge is 0.462 e. The third-order valence-corrected chi connectivity index (χ3v) is 5.86. The van der Waals surface area contributed by atoms with Gasteiger partial charge in [0.2, 0.25) is 10.0 Å². The van der Waals surface area contributed by atoms with Gasteiger partial charge in [0.05, 0.1) is 17.1 Å². The summed E-state index contributed by atoms with van der Waals surface area (Å²) < 4.78 is 32.8. The number of esters is 1. The molecular formula is C16H24INO4S. The van der Waals surface area contributed by atoms with Crippen LogP contribution < -0.4 is 0 Å². The molecule has 1 aromatic carbocycles. The van der Waals surface area contributed by atoms with Gasteiger partial charge >= 0.3 is 5.97 Å². The topological polar surface area (TPSA) is 63.7 Å². The molecule has 0 amide bonds. The van der Waals surface area contributed by atoms with Crippen molar-refractivity contribution in [2.45, 2.75) is 38.0 Å². The second kappa shape index (κ2) is 10.2. The Morgan fingerprint density at radius 1 is 1.13 bits per heavy atom. The highest BCUT2D eigenvalue weighted by Gasteiger charge is 2.23. The van der Waals surface area contributed by atoms with Crippen LogP contribution >= 0.6 is 22.6 Å². The van der Waals surface area contributed by atoms with Crippen LogP contribution in [0.1, 0.15) is 43.5 Å². The molecule has 0 aliphatic carbocycles. The van der Waals surface area contributed by atoms with Crippen LogP contribution in [0, 0.1) is 0 Å². The van der Waals surface area contributed by atoms with E-state index in [-0.39, 0.29) is 4.90 Å². The lowest BCUT2D eigenvalue weighted by molar-refractivity contribution is 0.0507. The molecule has 0 fully saturated rings. The van der Waals surface area contributed by atoms with Crippen molar-refractivity contribution < 1.29 is 17.9 Å². The van der Waals surface area contributed by atoms with Gasteiger partial charge in [-0.2, -0.15) is 4.31 Å². The van der Waals surface area contributed by atoms with Crippen LogP contribution in [0.5, 0.6) is 0 Å². The number of sulfonamides is 1. The van der Waals surface area contributed by atoms with Crippen molar-refractivity contribution in [2.75, 3.05) is 24.1 Å². The first-order chi connectivity index (χ1) is 11.0. The van der Waals surface area contributed by atoms with Crippen molar-refractivity contribution in [3.8, 4) is 0 Å². The molecule has 1 aromatic rings. The number of alkyl halides is 1. The second-order valence-corrected chi connectivity index (χ2v) is 8.12. The van der Waals surface area contributed by atoms with Crippen molar-refractivity contribution >= 4 is 38.6 Å². The summed E-state index contributed by atoms with van der Waals surface area (Å²) in [4.78, 5) is 12.0. The second-order valence-electron chi connectivity index (χ2n) is 5.11. The van der Waals surface area contributed by atoms with Gasteiger partial charge in [0.15, 0.2) is 0 Å². The summed E-state index contributed by atoms with van der Waals surface area (Å²) in [5, 5.41) is 0. The highest BCUT2D eigenvalue weighted by atomic mass is 127. The van der Waals surface area contributed by atoms with Crippen LogP contribution in [-0.4, -0.2) is 42.8 Å². The van der Waals surface area contributed by atoms with Crippen LogP contribution in [0.25, 0.3) is 0 Å². The van der Waals surface area contributed by atoms with Gasteiger partial charge in [-0.25, -0.2) is 13.2 Å². The van der Waals surface area contributed by atoms with Gasteiger partial charge in [-0.1, -0.05) is 36.4 Å². The lowest BCUT2D eigenvalue weighted by Crippen LogP contribution is -2.32. The fraction of sp³-hybridized carbons (Fsp3) is 0.562. The maximum atomic E-state index is 12.6. The Morgan fingerprint density at radius 2 is 1.70 bits per heavy atom. The molecule has 0 radical (unpaired) electrons. The molecule has 0 heterocycles. The number of hydrogen-bond donors (Lipinski definition) is 0. The van der Waals surface area contributed by atoms with Gasteiger partial charge in [-0.05, 0) is 43.5 Å². The fourth-order valence-electron chi connectivity index (χ4n) is 2.07. The van der Waals surface area contributed by atoms with Gasteiger partial charge < -0.3 is 4.74 Å². The molecule has 130 valence electrons. The van der Waals surface area contributed by atoms with E-state index in [0.717, 1.165) is 23.7 Å². The van der Waals surface area contributed by atoms with Crippen molar-refractivity contribution in [1.29, 1.82) is 0 Å². The van der Waals surface area contributed by atoms with E-state index < -0.39 is 16.0 Å². The number of ether oxygens (including phenoxy) is 1. The molecule has 0 saturated carbocycles. The number of carbonyl (C=O) groups is 1. The predicted molar refractivity (Wildman–Crippen MR) is 99.6 cm³/mol. The lowest BCUT2D eigenvalue weighted by Gasteiger charge is -2.21. The average Bonchev–Trinajstić information content (AvgIpc) is 2.55. The highest BCUT2D eigenvalue weighted by molar-refractivity contribution is 14.1. The summed E-state index contributed by atoms with van der Waals surface area (Å²) >= 11 is 2.22. The van der Waals surface area contributed by atoms with Crippen molar-refractivity contribution in [3.05, 3.63) is 29.8 Å². The summed E-state index contributed by atoms with van der Waals surface area (Å²) in [6, 6.07) is 5.97. The average molecular weight is 453 g/mol. The first kappa shape index (κ1) is 20.4. The zero-order valence-electron chi connectivity index (χ0n) is 13.6. The summed E-state index contributed by atoms with van der Waals surface area (Å²) in [5.41, 5.74) is 0.370. The summed E-state index contributed by atoms with van der Waals surface area (Å²) in [6.07, 6.45) is 2.34. The molecule has 5 nitrogen and oxygen atoms in total. The molecule has 0 N–H and O–H groups in total. The SMILES string of the molecule is CCCN(CCC)S(=O)(=O)c1ccc(C(=O)OCCCI)cc1. The van der Waals surface area contributed by atoms with E-state index in [0.29, 0.717) is 25.3 Å². The van der Waals surface area contributed by atoms with Crippen molar-refractivity contribution in [3.63, 3.8) is 0 Å². The van der Waals surface area contributed by atoms with Crippen LogP contribution in [0.2, 0.25) is 0 Å². The Morgan fingerprint density at radius 3 is 2.17 bits per heavy atom. The van der Waals surface area contributed by atoms with Gasteiger partial charge in [-0.3, -0.25) is 0 Å². The quantitative estimate of drug-likeness (QED) is 0.236. The zero-order chi connectivity index (χ0) is 17.3. The summed E-state index contributed by atoms with van der Waals surface area (Å²) in [6.45, 7) is 5.27. The molecule has 0 bridgehead atoms. The lowest BCUT2D eigenvalue weighted by atomic mass is 10.2. The van der Waals surface area contributed by atoms with Gasteiger partial charge in [0.25, 0.3) is 0 Å². The Bertz CT molecular complexity index is 581. The highest BCUT2D eigenvalue weighted by Crippen LogP contribution is 2.17. The number of hydrogen-bond acceptors (Lipinski definition) is 4. The number of rotatable bonds is 10. The maximum Gasteiger partial charge on any atom is 0.338 e. The molecule has 1 rings (SSSR count). The Labute approximate surface area is 152 Å². The van der Waals surface area contributed by atoms with Crippen molar-refractivity contribution in [2.24, 2.45) is 0 Å². The van der Waals surface area contributed by atoms with Crippen LogP contribution in [0.15, 0.2) is 29.2 Å². The van der Waals surface area contributed by atoms with Crippen LogP contribution in [-0.2, 0) is 14.8 Å². The minimum Gasteiger partial charge on any atom is -0.462 e. The van der Waals surface area contributed by atoms with E-state index in [1.165, 1.54) is 28.6 Å². The van der Waals surface area contributed by atoms with Gasteiger partial charge in [0, 0.05) is 17.5 Å². The maximum absolute atomic E-state index is 12.6. The standard InChI is InChI=1S/C16H24INO4S/c1-3-11-18(12-4-2)23(20,21)15-8-6-14(7-9-15)16(19)22-13-5-10-17/h6-9H,3-5,10-13H2,1-2H3. The molecule has 0 spiro atoms. The van der Waals surface area contributed by atoms with Gasteiger partial charge in [0.1, 0.15) is 0 Å². The number of halogens is 1. The predicted octanol–water partition coefficient (Wildman–Crippen LogP) is 3.48. The van der Waals surface area contributed by atoms with Crippen LogP contribution in [0.4, 0.5) is 0 Å². The molecule has 0 aliphatic heterocycles. The van der Waals surface area contributed by atoms with E-state index in [9.17, 15) is 13.2 Å². The monoisotopic (exact) mass is 453 g/mol. The van der Waals surface area contributed by atoms with E-state index in [4.69, 9.17) is 4.74 Å².